The van der Waals surface area contributed by atoms with Crippen molar-refractivity contribution in [2.24, 2.45) is 0 Å². The smallest absolute Gasteiger partial charge is 0.461 e. The van der Waals surface area contributed by atoms with Crippen molar-refractivity contribution in [2.45, 2.75) is 12.5 Å². The van der Waals surface area contributed by atoms with Crippen molar-refractivity contribution in [3.8, 4) is 17.2 Å². The third kappa shape index (κ3) is 5.50. The number of carbonyl (C=O) groups excluding carboxylic acids is 2. The van der Waals surface area contributed by atoms with Crippen molar-refractivity contribution in [3.05, 3.63) is 48.0 Å². The second-order valence-electron chi connectivity index (χ2n) is 5.43. The maximum absolute atomic E-state index is 12.9. The number of urea groups is 1. The topological polar surface area (TPSA) is 85.9 Å². The summed E-state index contributed by atoms with van der Waals surface area (Å²) in [7, 11) is 2.68. The summed E-state index contributed by atoms with van der Waals surface area (Å²) in [5.41, 5.74) is 0.0839. The molecule has 0 aliphatic rings. The number of carbonyl (C=O) groups is 2. The molecule has 0 spiro atoms. The van der Waals surface area contributed by atoms with E-state index >= 15 is 0 Å². The number of imide groups is 1. The Hall–Kier alpha value is -3.50. The lowest BCUT2D eigenvalue weighted by molar-refractivity contribution is -0.253. The Balaban J connectivity index is 2.04. The highest BCUT2D eigenvalue weighted by Gasteiger charge is 2.43. The molecule has 0 radical (unpaired) electrons. The van der Waals surface area contributed by atoms with Gasteiger partial charge in [0.15, 0.2) is 0 Å². The first-order valence-corrected chi connectivity index (χ1v) is 7.96. The highest BCUT2D eigenvalue weighted by Crippen LogP contribution is 2.29. The molecule has 11 heteroatoms. The van der Waals surface area contributed by atoms with E-state index in [1.807, 2.05) is 0 Å². The highest BCUT2D eigenvalue weighted by molar-refractivity contribution is 6.10. The SMILES string of the molecule is COc1cccc(OC)c1C(=O)NC(=O)Nc1ccc(OC(F)(F)C(F)F)cc1. The van der Waals surface area contributed by atoms with Gasteiger partial charge in [0.2, 0.25) is 0 Å². The Morgan fingerprint density at radius 3 is 2.00 bits per heavy atom. The van der Waals surface area contributed by atoms with Gasteiger partial charge in [0.05, 0.1) is 14.2 Å². The predicted octanol–water partition coefficient (Wildman–Crippen LogP) is 3.90. The number of amides is 3. The van der Waals surface area contributed by atoms with E-state index in [0.717, 1.165) is 24.3 Å². The standard InChI is InChI=1S/C18H16F4N2O5/c1-27-12-4-3-5-13(28-2)14(12)15(25)24-17(26)23-10-6-8-11(9-7-10)29-18(21,22)16(19)20/h3-9,16H,1-2H3,(H2,23,24,25,26). The number of nitrogens with one attached hydrogen (secondary N) is 2. The number of rotatable bonds is 7. The zero-order valence-corrected chi connectivity index (χ0v) is 15.2. The van der Waals surface area contributed by atoms with Crippen molar-refractivity contribution in [3.63, 3.8) is 0 Å². The largest absolute Gasteiger partial charge is 0.496 e. The third-order valence-electron chi connectivity index (χ3n) is 3.50. The van der Waals surface area contributed by atoms with E-state index in [2.05, 4.69) is 15.4 Å². The van der Waals surface area contributed by atoms with Crippen LogP contribution in [0.4, 0.5) is 28.0 Å². The Morgan fingerprint density at radius 1 is 0.966 bits per heavy atom. The van der Waals surface area contributed by atoms with Gasteiger partial charge in [0.25, 0.3) is 5.91 Å². The molecule has 0 saturated carbocycles. The maximum atomic E-state index is 12.9. The fourth-order valence-corrected chi connectivity index (χ4v) is 2.21. The zero-order valence-electron chi connectivity index (χ0n) is 15.2. The molecule has 0 saturated heterocycles. The molecule has 0 unspecified atom stereocenters. The fourth-order valence-electron chi connectivity index (χ4n) is 2.21. The molecular formula is C18H16F4N2O5. The monoisotopic (exact) mass is 416 g/mol. The third-order valence-corrected chi connectivity index (χ3v) is 3.50. The average molecular weight is 416 g/mol. The normalized spacial score (nSPS) is 11.0. The molecule has 0 aromatic heterocycles. The minimum absolute atomic E-state index is 0.00868. The second kappa shape index (κ2) is 9.13. The number of alkyl halides is 4. The van der Waals surface area contributed by atoms with Crippen LogP contribution in [-0.4, -0.2) is 38.7 Å². The lowest BCUT2D eigenvalue weighted by atomic mass is 10.1. The van der Waals surface area contributed by atoms with Gasteiger partial charge in [0.1, 0.15) is 22.8 Å². The molecule has 0 heterocycles. The number of anilines is 1. The molecule has 0 atom stereocenters. The van der Waals surface area contributed by atoms with Crippen LogP contribution in [0.15, 0.2) is 42.5 Å². The molecule has 0 fully saturated rings. The van der Waals surface area contributed by atoms with Crippen molar-refractivity contribution >= 4 is 17.6 Å². The minimum atomic E-state index is -4.65. The van der Waals surface area contributed by atoms with E-state index in [0.29, 0.717) is 0 Å². The lowest BCUT2D eigenvalue weighted by Crippen LogP contribution is -2.35. The number of methoxy groups -OCH3 is 2. The van der Waals surface area contributed by atoms with Crippen LogP contribution in [0.2, 0.25) is 0 Å². The maximum Gasteiger partial charge on any atom is 0.461 e. The van der Waals surface area contributed by atoms with Crippen molar-refractivity contribution in [1.82, 2.24) is 5.32 Å². The zero-order chi connectivity index (χ0) is 21.6. The summed E-state index contributed by atoms with van der Waals surface area (Å²) in [5.74, 6) is -0.989. The van der Waals surface area contributed by atoms with Crippen LogP contribution in [-0.2, 0) is 0 Å². The second-order valence-corrected chi connectivity index (χ2v) is 5.43. The highest BCUT2D eigenvalue weighted by atomic mass is 19.3. The number of benzene rings is 2. The predicted molar refractivity (Wildman–Crippen MR) is 94.1 cm³/mol. The van der Waals surface area contributed by atoms with Gasteiger partial charge < -0.3 is 19.5 Å². The summed E-state index contributed by atoms with van der Waals surface area (Å²) < 4.78 is 64.0. The van der Waals surface area contributed by atoms with Gasteiger partial charge in [-0.25, -0.2) is 4.79 Å². The Kier molecular flexibility index (Phi) is 6.86. The number of hydrogen-bond donors (Lipinski definition) is 2. The van der Waals surface area contributed by atoms with E-state index in [1.165, 1.54) is 26.4 Å². The van der Waals surface area contributed by atoms with Crippen LogP contribution in [0, 0.1) is 0 Å². The summed E-state index contributed by atoms with van der Waals surface area (Å²) in [6.45, 7) is 0. The first-order chi connectivity index (χ1) is 13.7. The molecule has 2 N–H and O–H groups in total. The Labute approximate surface area is 162 Å². The van der Waals surface area contributed by atoms with Crippen LogP contribution in [0.3, 0.4) is 0 Å². The molecule has 0 aliphatic heterocycles. The van der Waals surface area contributed by atoms with E-state index in [9.17, 15) is 27.2 Å². The molecular weight excluding hydrogens is 400 g/mol. The molecule has 2 rings (SSSR count). The summed E-state index contributed by atoms with van der Waals surface area (Å²) in [4.78, 5) is 24.4. The Morgan fingerprint density at radius 2 is 1.52 bits per heavy atom. The molecule has 2 aromatic rings. The van der Waals surface area contributed by atoms with E-state index in [4.69, 9.17) is 9.47 Å². The molecule has 2 aromatic carbocycles. The first kappa shape index (κ1) is 21.8. The van der Waals surface area contributed by atoms with Crippen LogP contribution in [0.1, 0.15) is 10.4 Å². The van der Waals surface area contributed by atoms with Crippen LogP contribution >= 0.6 is 0 Å². The lowest BCUT2D eigenvalue weighted by Gasteiger charge is -2.17. The van der Waals surface area contributed by atoms with Gasteiger partial charge in [-0.2, -0.15) is 17.6 Å². The summed E-state index contributed by atoms with van der Waals surface area (Å²) in [6.07, 6.45) is -8.64. The van der Waals surface area contributed by atoms with Gasteiger partial charge in [-0.3, -0.25) is 10.1 Å². The molecule has 0 bridgehead atoms. The fraction of sp³-hybridized carbons (Fsp3) is 0.222. The van der Waals surface area contributed by atoms with Crippen molar-refractivity contribution in [2.75, 3.05) is 19.5 Å². The molecule has 0 aliphatic carbocycles. The molecule has 29 heavy (non-hydrogen) atoms. The summed E-state index contributed by atoms with van der Waals surface area (Å²) in [6, 6.07) is 7.83. The van der Waals surface area contributed by atoms with E-state index in [-0.39, 0.29) is 22.7 Å². The van der Waals surface area contributed by atoms with E-state index in [1.54, 1.807) is 6.07 Å². The molecule has 156 valence electrons. The van der Waals surface area contributed by atoms with Crippen LogP contribution in [0.25, 0.3) is 0 Å². The van der Waals surface area contributed by atoms with Gasteiger partial charge in [-0.1, -0.05) is 6.07 Å². The van der Waals surface area contributed by atoms with E-state index < -0.39 is 30.2 Å². The van der Waals surface area contributed by atoms with Crippen molar-refractivity contribution in [1.29, 1.82) is 0 Å². The van der Waals surface area contributed by atoms with Crippen LogP contribution in [0.5, 0.6) is 17.2 Å². The molecule has 7 nitrogen and oxygen atoms in total. The average Bonchev–Trinajstić information content (AvgIpc) is 2.68. The molecule has 3 amide bonds. The van der Waals surface area contributed by atoms with Gasteiger partial charge in [0, 0.05) is 5.69 Å². The van der Waals surface area contributed by atoms with Gasteiger partial charge in [-0.15, -0.1) is 0 Å². The number of hydrogen-bond acceptors (Lipinski definition) is 5. The van der Waals surface area contributed by atoms with Crippen LogP contribution < -0.4 is 24.8 Å². The summed E-state index contributed by atoms with van der Waals surface area (Å²) in [5, 5.41) is 4.35. The first-order valence-electron chi connectivity index (χ1n) is 7.96. The quantitative estimate of drug-likeness (QED) is 0.669. The van der Waals surface area contributed by atoms with Gasteiger partial charge >= 0.3 is 18.6 Å². The minimum Gasteiger partial charge on any atom is -0.496 e. The van der Waals surface area contributed by atoms with Gasteiger partial charge in [-0.05, 0) is 36.4 Å². The number of ether oxygens (including phenoxy) is 3. The van der Waals surface area contributed by atoms with Crippen molar-refractivity contribution < 1.29 is 41.4 Å². The number of halogens is 4. The summed E-state index contributed by atoms with van der Waals surface area (Å²) >= 11 is 0. The Bertz CT molecular complexity index is 853.